The summed E-state index contributed by atoms with van der Waals surface area (Å²) in [6.45, 7) is 0.748. The Labute approximate surface area is 86.7 Å². The van der Waals surface area contributed by atoms with Gasteiger partial charge in [0.2, 0.25) is 0 Å². The summed E-state index contributed by atoms with van der Waals surface area (Å²) >= 11 is 7.32. The third-order valence-electron chi connectivity index (χ3n) is 1.57. The molecule has 0 radical (unpaired) electrons. The lowest BCUT2D eigenvalue weighted by atomic mass is 10.3. The molecule has 0 amide bonds. The van der Waals surface area contributed by atoms with Gasteiger partial charge in [-0.2, -0.15) is 11.8 Å². The fraction of sp³-hybridized carbons (Fsp3) is 0.333. The molecule has 0 aliphatic rings. The molecular formula is C9H11ClFNS. The average Bonchev–Trinajstić information content (AvgIpc) is 2.13. The molecule has 0 saturated heterocycles. The van der Waals surface area contributed by atoms with Crippen molar-refractivity contribution in [2.75, 3.05) is 23.9 Å². The van der Waals surface area contributed by atoms with E-state index in [1.54, 1.807) is 23.9 Å². The summed E-state index contributed by atoms with van der Waals surface area (Å²) in [6, 6.07) is 4.95. The van der Waals surface area contributed by atoms with Gasteiger partial charge in [-0.25, -0.2) is 4.39 Å². The third kappa shape index (κ3) is 3.08. The molecule has 0 unspecified atom stereocenters. The lowest BCUT2D eigenvalue weighted by molar-refractivity contribution is 0.631. The number of hydrogen-bond donors (Lipinski definition) is 1. The molecule has 0 aliphatic carbocycles. The first kappa shape index (κ1) is 10.7. The van der Waals surface area contributed by atoms with E-state index in [2.05, 4.69) is 5.32 Å². The lowest BCUT2D eigenvalue weighted by Crippen LogP contribution is -2.05. The van der Waals surface area contributed by atoms with Crippen molar-refractivity contribution < 1.29 is 4.39 Å². The Bertz CT molecular complexity index is 280. The van der Waals surface area contributed by atoms with Crippen LogP contribution in [0.1, 0.15) is 0 Å². The van der Waals surface area contributed by atoms with Gasteiger partial charge < -0.3 is 5.32 Å². The van der Waals surface area contributed by atoms with Crippen molar-refractivity contribution >= 4 is 29.1 Å². The lowest BCUT2D eigenvalue weighted by Gasteiger charge is -2.06. The first-order valence-corrected chi connectivity index (χ1v) is 5.69. The molecule has 13 heavy (non-hydrogen) atoms. The second kappa shape index (κ2) is 5.35. The van der Waals surface area contributed by atoms with E-state index in [0.717, 1.165) is 12.3 Å². The molecule has 72 valence electrons. The van der Waals surface area contributed by atoms with E-state index in [1.807, 2.05) is 6.26 Å². The highest BCUT2D eigenvalue weighted by atomic mass is 35.5. The van der Waals surface area contributed by atoms with Crippen molar-refractivity contribution in [1.29, 1.82) is 0 Å². The van der Waals surface area contributed by atoms with E-state index in [9.17, 15) is 4.39 Å². The van der Waals surface area contributed by atoms with Gasteiger partial charge in [-0.3, -0.25) is 0 Å². The smallest absolute Gasteiger partial charge is 0.164 e. The van der Waals surface area contributed by atoms with Crippen LogP contribution in [-0.4, -0.2) is 18.6 Å². The number of thioether (sulfide) groups is 1. The number of benzene rings is 1. The monoisotopic (exact) mass is 219 g/mol. The summed E-state index contributed by atoms with van der Waals surface area (Å²) in [7, 11) is 0. The van der Waals surface area contributed by atoms with Crippen molar-refractivity contribution in [3.05, 3.63) is 29.0 Å². The molecule has 1 nitrogen and oxygen atoms in total. The highest BCUT2D eigenvalue weighted by Gasteiger charge is 2.04. The van der Waals surface area contributed by atoms with E-state index in [-0.39, 0.29) is 10.8 Å². The van der Waals surface area contributed by atoms with Crippen LogP contribution in [0.3, 0.4) is 0 Å². The Hall–Kier alpha value is -0.410. The number of rotatable bonds is 4. The number of halogens is 2. The van der Waals surface area contributed by atoms with Crippen molar-refractivity contribution in [2.24, 2.45) is 0 Å². The minimum absolute atomic E-state index is 0.161. The highest BCUT2D eigenvalue weighted by molar-refractivity contribution is 7.98. The molecular weight excluding hydrogens is 209 g/mol. The van der Waals surface area contributed by atoms with E-state index in [1.165, 1.54) is 6.07 Å². The maximum Gasteiger partial charge on any atom is 0.164 e. The van der Waals surface area contributed by atoms with Gasteiger partial charge in [0.15, 0.2) is 5.82 Å². The van der Waals surface area contributed by atoms with Gasteiger partial charge in [0.25, 0.3) is 0 Å². The Morgan fingerprint density at radius 3 is 3.00 bits per heavy atom. The third-order valence-corrected chi connectivity index (χ3v) is 2.48. The minimum Gasteiger partial charge on any atom is -0.382 e. The van der Waals surface area contributed by atoms with Crippen LogP contribution >= 0.6 is 23.4 Å². The van der Waals surface area contributed by atoms with Crippen LogP contribution in [0.2, 0.25) is 5.02 Å². The maximum atomic E-state index is 13.2. The van der Waals surface area contributed by atoms with Crippen LogP contribution in [-0.2, 0) is 0 Å². The Morgan fingerprint density at radius 1 is 1.54 bits per heavy atom. The molecule has 0 aromatic heterocycles. The van der Waals surface area contributed by atoms with E-state index in [4.69, 9.17) is 11.6 Å². The van der Waals surface area contributed by atoms with Crippen LogP contribution < -0.4 is 5.32 Å². The van der Waals surface area contributed by atoms with Crippen molar-refractivity contribution in [3.8, 4) is 0 Å². The van der Waals surface area contributed by atoms with Crippen molar-refractivity contribution in [1.82, 2.24) is 0 Å². The maximum absolute atomic E-state index is 13.2. The standard InChI is InChI=1S/C9H11ClFNS/c1-13-6-5-12-8-4-2-3-7(10)9(8)11/h2-4,12H,5-6H2,1H3. The predicted molar refractivity (Wildman–Crippen MR) is 58.3 cm³/mol. The molecule has 1 aromatic carbocycles. The second-order valence-corrected chi connectivity index (χ2v) is 3.91. The van der Waals surface area contributed by atoms with Crippen LogP contribution in [0.4, 0.5) is 10.1 Å². The molecule has 1 N–H and O–H groups in total. The highest BCUT2D eigenvalue weighted by Crippen LogP contribution is 2.21. The van der Waals surface area contributed by atoms with Gasteiger partial charge in [0, 0.05) is 12.3 Å². The van der Waals surface area contributed by atoms with Crippen LogP contribution in [0.25, 0.3) is 0 Å². The quantitative estimate of drug-likeness (QED) is 0.781. The summed E-state index contributed by atoms with van der Waals surface area (Å²) in [6.07, 6.45) is 2.01. The zero-order valence-corrected chi connectivity index (χ0v) is 8.88. The van der Waals surface area contributed by atoms with Gasteiger partial charge in [0.1, 0.15) is 0 Å². The molecule has 0 saturated carbocycles. The molecule has 0 bridgehead atoms. The fourth-order valence-electron chi connectivity index (χ4n) is 0.928. The number of nitrogens with one attached hydrogen (secondary N) is 1. The van der Waals surface area contributed by atoms with Gasteiger partial charge in [-0.1, -0.05) is 17.7 Å². The first-order valence-electron chi connectivity index (χ1n) is 3.92. The van der Waals surface area contributed by atoms with Crippen LogP contribution in [0.5, 0.6) is 0 Å². The summed E-state index contributed by atoms with van der Waals surface area (Å²) < 4.78 is 13.2. The zero-order valence-electron chi connectivity index (χ0n) is 7.31. The summed E-state index contributed by atoms with van der Waals surface area (Å²) in [5.41, 5.74) is 0.474. The molecule has 1 aromatic rings. The molecule has 0 heterocycles. The fourth-order valence-corrected chi connectivity index (χ4v) is 1.41. The zero-order chi connectivity index (χ0) is 9.68. The van der Waals surface area contributed by atoms with Gasteiger partial charge in [-0.05, 0) is 18.4 Å². The summed E-state index contributed by atoms with van der Waals surface area (Å²) in [4.78, 5) is 0. The van der Waals surface area contributed by atoms with Crippen LogP contribution in [0.15, 0.2) is 18.2 Å². The SMILES string of the molecule is CSCCNc1cccc(Cl)c1F. The Kier molecular flexibility index (Phi) is 4.39. The predicted octanol–water partition coefficient (Wildman–Crippen LogP) is 3.25. The Balaban J connectivity index is 2.61. The number of hydrogen-bond acceptors (Lipinski definition) is 2. The molecule has 0 spiro atoms. The largest absolute Gasteiger partial charge is 0.382 e. The van der Waals surface area contributed by atoms with Gasteiger partial charge in [-0.15, -0.1) is 0 Å². The molecule has 1 rings (SSSR count). The normalized spacial score (nSPS) is 10.1. The van der Waals surface area contributed by atoms with Crippen LogP contribution in [0, 0.1) is 5.82 Å². The minimum atomic E-state index is -0.370. The first-order chi connectivity index (χ1) is 6.25. The topological polar surface area (TPSA) is 12.0 Å². The summed E-state index contributed by atoms with van der Waals surface area (Å²) in [5.74, 6) is 0.580. The molecule has 0 aliphatic heterocycles. The van der Waals surface area contributed by atoms with Gasteiger partial charge >= 0.3 is 0 Å². The Morgan fingerprint density at radius 2 is 2.31 bits per heavy atom. The van der Waals surface area contributed by atoms with E-state index < -0.39 is 0 Å². The molecule has 4 heteroatoms. The summed E-state index contributed by atoms with van der Waals surface area (Å²) in [5, 5.41) is 3.14. The van der Waals surface area contributed by atoms with E-state index in [0.29, 0.717) is 5.69 Å². The van der Waals surface area contributed by atoms with Crippen molar-refractivity contribution in [3.63, 3.8) is 0 Å². The number of anilines is 1. The van der Waals surface area contributed by atoms with Crippen molar-refractivity contribution in [2.45, 2.75) is 0 Å². The van der Waals surface area contributed by atoms with Gasteiger partial charge in [0.05, 0.1) is 10.7 Å². The second-order valence-electron chi connectivity index (χ2n) is 2.52. The van der Waals surface area contributed by atoms with E-state index >= 15 is 0 Å². The average molecular weight is 220 g/mol. The molecule has 0 atom stereocenters. The molecule has 0 fully saturated rings.